The first kappa shape index (κ1) is 8.37. The minimum absolute atomic E-state index is 0.380. The highest BCUT2D eigenvalue weighted by Gasteiger charge is 2.23. The summed E-state index contributed by atoms with van der Waals surface area (Å²) in [6.45, 7) is 2.42. The van der Waals surface area contributed by atoms with Crippen LogP contribution in [0, 0.1) is 5.92 Å². The number of thiol groups is 1. The summed E-state index contributed by atoms with van der Waals surface area (Å²) in [7, 11) is 4.13. The second-order valence-electron chi connectivity index (χ2n) is 3.04. The normalized spacial score (nSPS) is 30.9. The maximum absolute atomic E-state index is 4.43. The van der Waals surface area contributed by atoms with E-state index < -0.39 is 0 Å². The molecule has 0 saturated carbocycles. The van der Waals surface area contributed by atoms with Crippen molar-refractivity contribution in [1.29, 1.82) is 0 Å². The minimum atomic E-state index is 0.380. The number of nitrogens with one attached hydrogen (secondary N) is 1. The van der Waals surface area contributed by atoms with Crippen molar-refractivity contribution in [2.45, 2.75) is 11.8 Å². The van der Waals surface area contributed by atoms with Crippen LogP contribution in [0.3, 0.4) is 0 Å². The summed E-state index contributed by atoms with van der Waals surface area (Å²) >= 11 is 4.43. The molecule has 1 N–H and O–H groups in total. The van der Waals surface area contributed by atoms with Crippen molar-refractivity contribution in [3.05, 3.63) is 0 Å². The Morgan fingerprint density at radius 3 is 2.80 bits per heavy atom. The molecule has 0 radical (unpaired) electrons. The quantitative estimate of drug-likeness (QED) is 0.449. The lowest BCUT2D eigenvalue weighted by atomic mass is 10.1. The molecule has 2 unspecified atom stereocenters. The molecule has 0 aliphatic carbocycles. The van der Waals surface area contributed by atoms with Crippen LogP contribution in [0.4, 0.5) is 0 Å². The molecular weight excluding hydrogens is 144 g/mol. The van der Waals surface area contributed by atoms with Gasteiger partial charge in [-0.05, 0) is 33.0 Å². The van der Waals surface area contributed by atoms with Crippen LogP contribution in [0.1, 0.15) is 6.42 Å². The predicted molar refractivity (Wildman–Crippen MR) is 47.4 cm³/mol. The summed E-state index contributed by atoms with van der Waals surface area (Å²) < 4.78 is 0. The summed E-state index contributed by atoms with van der Waals surface area (Å²) in [6, 6.07) is 0. The fourth-order valence-electron chi connectivity index (χ4n) is 1.46. The molecule has 0 bridgehead atoms. The zero-order valence-electron chi connectivity index (χ0n) is 6.67. The average Bonchev–Trinajstić information content (AvgIpc) is 2.34. The number of rotatable bonds is 2. The van der Waals surface area contributed by atoms with Gasteiger partial charge >= 0.3 is 0 Å². The second-order valence-corrected chi connectivity index (χ2v) is 3.60. The van der Waals surface area contributed by atoms with Gasteiger partial charge in [-0.2, -0.15) is 12.6 Å². The summed E-state index contributed by atoms with van der Waals surface area (Å²) in [5.41, 5.74) is 0. The third kappa shape index (κ3) is 1.87. The number of likely N-dealkylation sites (tertiary alicyclic amines) is 1. The summed E-state index contributed by atoms with van der Waals surface area (Å²) in [6.07, 6.45) is 1.28. The third-order valence-corrected chi connectivity index (χ3v) is 2.85. The molecule has 2 atom stereocenters. The Morgan fingerprint density at radius 2 is 2.40 bits per heavy atom. The molecular formula is C7H16N2S. The van der Waals surface area contributed by atoms with Gasteiger partial charge in [-0.3, -0.25) is 0 Å². The van der Waals surface area contributed by atoms with Crippen molar-refractivity contribution >= 4 is 12.6 Å². The van der Waals surface area contributed by atoms with E-state index >= 15 is 0 Å². The van der Waals surface area contributed by atoms with Crippen LogP contribution >= 0.6 is 12.6 Å². The van der Waals surface area contributed by atoms with E-state index in [1.165, 1.54) is 19.5 Å². The Morgan fingerprint density at radius 1 is 1.70 bits per heavy atom. The van der Waals surface area contributed by atoms with Gasteiger partial charge in [0.25, 0.3) is 0 Å². The van der Waals surface area contributed by atoms with E-state index in [1.54, 1.807) is 0 Å². The van der Waals surface area contributed by atoms with Crippen molar-refractivity contribution in [2.75, 3.05) is 27.2 Å². The zero-order valence-corrected chi connectivity index (χ0v) is 7.56. The molecule has 1 saturated heterocycles. The van der Waals surface area contributed by atoms with Gasteiger partial charge < -0.3 is 10.2 Å². The molecule has 3 heteroatoms. The Labute approximate surface area is 68.4 Å². The van der Waals surface area contributed by atoms with E-state index in [-0.39, 0.29) is 0 Å². The molecule has 1 heterocycles. The van der Waals surface area contributed by atoms with Gasteiger partial charge in [0, 0.05) is 6.54 Å². The Balaban J connectivity index is 2.29. The van der Waals surface area contributed by atoms with Crippen LogP contribution in [-0.2, 0) is 0 Å². The lowest BCUT2D eigenvalue weighted by Crippen LogP contribution is -2.29. The van der Waals surface area contributed by atoms with Crippen molar-refractivity contribution in [1.82, 2.24) is 10.2 Å². The largest absolute Gasteiger partial charge is 0.308 e. The van der Waals surface area contributed by atoms with Crippen LogP contribution in [-0.4, -0.2) is 37.5 Å². The van der Waals surface area contributed by atoms with Crippen molar-refractivity contribution in [2.24, 2.45) is 5.92 Å². The van der Waals surface area contributed by atoms with Crippen LogP contribution in [0.25, 0.3) is 0 Å². The molecule has 0 amide bonds. The van der Waals surface area contributed by atoms with Gasteiger partial charge in [0.2, 0.25) is 0 Å². The molecule has 1 aliphatic heterocycles. The van der Waals surface area contributed by atoms with Gasteiger partial charge in [0.15, 0.2) is 0 Å². The molecule has 0 aromatic heterocycles. The average molecular weight is 160 g/mol. The lowest BCUT2D eigenvalue weighted by Gasteiger charge is -2.16. The van der Waals surface area contributed by atoms with E-state index in [4.69, 9.17) is 0 Å². The Kier molecular flexibility index (Phi) is 3.01. The first-order valence-corrected chi connectivity index (χ1v) is 4.29. The van der Waals surface area contributed by atoms with Gasteiger partial charge in [-0.15, -0.1) is 0 Å². The summed E-state index contributed by atoms with van der Waals surface area (Å²) in [5.74, 6) is 0.735. The third-order valence-electron chi connectivity index (χ3n) is 2.17. The number of hydrogen-bond donors (Lipinski definition) is 2. The van der Waals surface area contributed by atoms with Crippen LogP contribution in [0.15, 0.2) is 0 Å². The van der Waals surface area contributed by atoms with E-state index in [1.807, 2.05) is 7.05 Å². The molecule has 0 spiro atoms. The van der Waals surface area contributed by atoms with Crippen LogP contribution < -0.4 is 5.32 Å². The first-order chi connectivity index (χ1) is 4.74. The van der Waals surface area contributed by atoms with E-state index in [2.05, 4.69) is 29.9 Å². The molecule has 1 rings (SSSR count). The van der Waals surface area contributed by atoms with Gasteiger partial charge in [0.05, 0.1) is 5.37 Å². The number of nitrogens with zero attached hydrogens (tertiary/aromatic N) is 1. The van der Waals surface area contributed by atoms with Crippen LogP contribution in [0.2, 0.25) is 0 Å². The molecule has 1 aliphatic rings. The maximum Gasteiger partial charge on any atom is 0.0541 e. The monoisotopic (exact) mass is 160 g/mol. The predicted octanol–water partition coefficient (Wildman–Crippen LogP) is 0.413. The fraction of sp³-hybridized carbons (Fsp3) is 1.00. The lowest BCUT2D eigenvalue weighted by molar-refractivity contribution is 0.385. The van der Waals surface area contributed by atoms with E-state index in [0.717, 1.165) is 5.92 Å². The van der Waals surface area contributed by atoms with Crippen molar-refractivity contribution in [3.63, 3.8) is 0 Å². The highest BCUT2D eigenvalue weighted by atomic mass is 32.1. The molecule has 0 aromatic carbocycles. The SMILES string of the molecule is CNC(S)C1CCN(C)C1. The molecule has 1 fully saturated rings. The highest BCUT2D eigenvalue weighted by molar-refractivity contribution is 7.80. The van der Waals surface area contributed by atoms with Crippen LogP contribution in [0.5, 0.6) is 0 Å². The minimum Gasteiger partial charge on any atom is -0.308 e. The van der Waals surface area contributed by atoms with Crippen molar-refractivity contribution < 1.29 is 0 Å². The summed E-state index contributed by atoms with van der Waals surface area (Å²) in [4.78, 5) is 2.35. The van der Waals surface area contributed by atoms with Gasteiger partial charge in [0.1, 0.15) is 0 Å². The van der Waals surface area contributed by atoms with E-state index in [0.29, 0.717) is 5.37 Å². The topological polar surface area (TPSA) is 15.3 Å². The standard InChI is InChI=1S/C7H16N2S/c1-8-7(10)6-3-4-9(2)5-6/h6-8,10H,3-5H2,1-2H3. The smallest absolute Gasteiger partial charge is 0.0541 e. The van der Waals surface area contributed by atoms with E-state index in [9.17, 15) is 0 Å². The fourth-order valence-corrected chi connectivity index (χ4v) is 1.71. The highest BCUT2D eigenvalue weighted by Crippen LogP contribution is 2.19. The Hall–Kier alpha value is 0.270. The molecule has 2 nitrogen and oxygen atoms in total. The first-order valence-electron chi connectivity index (χ1n) is 3.78. The molecule has 60 valence electrons. The second kappa shape index (κ2) is 3.60. The van der Waals surface area contributed by atoms with Gasteiger partial charge in [-0.1, -0.05) is 0 Å². The number of hydrogen-bond acceptors (Lipinski definition) is 3. The van der Waals surface area contributed by atoms with Gasteiger partial charge in [-0.25, -0.2) is 0 Å². The van der Waals surface area contributed by atoms with Crippen molar-refractivity contribution in [3.8, 4) is 0 Å². The Bertz CT molecular complexity index is 108. The summed E-state index contributed by atoms with van der Waals surface area (Å²) in [5, 5.41) is 3.54. The molecule has 10 heavy (non-hydrogen) atoms. The molecule has 0 aromatic rings. The maximum atomic E-state index is 4.43. The zero-order chi connectivity index (χ0) is 7.56.